The molecule has 0 aromatic heterocycles. The lowest BCUT2D eigenvalue weighted by Crippen LogP contribution is -2.52. The monoisotopic (exact) mass is 198 g/mol. The molecule has 1 aliphatic rings. The van der Waals surface area contributed by atoms with Gasteiger partial charge in [-0.2, -0.15) is 0 Å². The molecule has 1 saturated heterocycles. The fraction of sp³-hybridized carbons (Fsp3) is 0.909. The van der Waals surface area contributed by atoms with E-state index in [0.717, 1.165) is 19.5 Å². The Morgan fingerprint density at radius 3 is 2.57 bits per heavy atom. The summed E-state index contributed by atoms with van der Waals surface area (Å²) in [4.78, 5) is 11.6. The molecule has 0 aliphatic carbocycles. The van der Waals surface area contributed by atoms with Crippen molar-refractivity contribution in [3.8, 4) is 0 Å². The van der Waals surface area contributed by atoms with E-state index in [4.69, 9.17) is 0 Å². The summed E-state index contributed by atoms with van der Waals surface area (Å²) in [6.07, 6.45) is 2.27. The maximum Gasteiger partial charge on any atom is 0.225 e. The number of hydrogen-bond donors (Lipinski definition) is 2. The van der Waals surface area contributed by atoms with Gasteiger partial charge in [0.2, 0.25) is 5.91 Å². The number of hydrogen-bond acceptors (Lipinski definition) is 2. The highest BCUT2D eigenvalue weighted by Crippen LogP contribution is 2.10. The second-order valence-electron chi connectivity index (χ2n) is 4.51. The molecule has 0 radical (unpaired) electrons. The Balaban J connectivity index is 2.18. The lowest BCUT2D eigenvalue weighted by molar-refractivity contribution is -0.127. The molecule has 1 aliphatic heterocycles. The summed E-state index contributed by atoms with van der Waals surface area (Å²) in [7, 11) is 0. The Labute approximate surface area is 86.6 Å². The third kappa shape index (κ3) is 3.29. The van der Waals surface area contributed by atoms with E-state index in [1.54, 1.807) is 0 Å². The standard InChI is InChI=1S/C11H22N2O/c1-4-8(2)5-9(3)13-11(14)10-6-12-7-10/h8-10,12H,4-7H2,1-3H3,(H,13,14). The third-order valence-electron chi connectivity index (χ3n) is 2.99. The van der Waals surface area contributed by atoms with Gasteiger partial charge in [0.25, 0.3) is 0 Å². The van der Waals surface area contributed by atoms with Crippen LogP contribution in [0.3, 0.4) is 0 Å². The predicted molar refractivity (Wildman–Crippen MR) is 58.0 cm³/mol. The van der Waals surface area contributed by atoms with Gasteiger partial charge in [-0.25, -0.2) is 0 Å². The molecule has 1 fully saturated rings. The van der Waals surface area contributed by atoms with Crippen LogP contribution in [0.4, 0.5) is 0 Å². The van der Waals surface area contributed by atoms with Crippen LogP contribution in [0.25, 0.3) is 0 Å². The van der Waals surface area contributed by atoms with E-state index < -0.39 is 0 Å². The fourth-order valence-corrected chi connectivity index (χ4v) is 1.66. The Bertz CT molecular complexity index is 190. The summed E-state index contributed by atoms with van der Waals surface area (Å²) >= 11 is 0. The highest BCUT2D eigenvalue weighted by atomic mass is 16.2. The molecular formula is C11H22N2O. The van der Waals surface area contributed by atoms with Crippen molar-refractivity contribution in [2.24, 2.45) is 11.8 Å². The number of nitrogens with one attached hydrogen (secondary N) is 2. The van der Waals surface area contributed by atoms with Crippen molar-refractivity contribution in [1.82, 2.24) is 10.6 Å². The first-order chi connectivity index (χ1) is 6.63. The zero-order chi connectivity index (χ0) is 10.6. The third-order valence-corrected chi connectivity index (χ3v) is 2.99. The minimum atomic E-state index is 0.217. The topological polar surface area (TPSA) is 41.1 Å². The van der Waals surface area contributed by atoms with E-state index in [1.807, 2.05) is 0 Å². The maximum absolute atomic E-state index is 11.6. The first kappa shape index (κ1) is 11.5. The largest absolute Gasteiger partial charge is 0.353 e. The first-order valence-corrected chi connectivity index (χ1v) is 5.64. The van der Waals surface area contributed by atoms with Gasteiger partial charge in [0.15, 0.2) is 0 Å². The molecule has 0 saturated carbocycles. The molecule has 3 heteroatoms. The van der Waals surface area contributed by atoms with Crippen molar-refractivity contribution in [1.29, 1.82) is 0 Å². The second kappa shape index (κ2) is 5.35. The van der Waals surface area contributed by atoms with Crippen molar-refractivity contribution < 1.29 is 4.79 Å². The van der Waals surface area contributed by atoms with Crippen molar-refractivity contribution in [2.75, 3.05) is 13.1 Å². The minimum absolute atomic E-state index is 0.217. The van der Waals surface area contributed by atoms with Crippen LogP contribution in [0, 0.1) is 11.8 Å². The average Bonchev–Trinajstić information content (AvgIpc) is 1.99. The van der Waals surface area contributed by atoms with Crippen molar-refractivity contribution >= 4 is 5.91 Å². The van der Waals surface area contributed by atoms with E-state index in [-0.39, 0.29) is 11.8 Å². The van der Waals surface area contributed by atoms with Gasteiger partial charge in [-0.1, -0.05) is 20.3 Å². The number of carbonyl (C=O) groups excluding carboxylic acids is 1. The quantitative estimate of drug-likeness (QED) is 0.695. The van der Waals surface area contributed by atoms with Crippen LogP contribution in [0.2, 0.25) is 0 Å². The summed E-state index contributed by atoms with van der Waals surface area (Å²) in [5, 5.41) is 6.17. The van der Waals surface area contributed by atoms with E-state index >= 15 is 0 Å². The Morgan fingerprint density at radius 1 is 1.50 bits per heavy atom. The van der Waals surface area contributed by atoms with Crippen LogP contribution in [0.5, 0.6) is 0 Å². The molecule has 2 unspecified atom stereocenters. The Morgan fingerprint density at radius 2 is 2.14 bits per heavy atom. The molecule has 0 spiro atoms. The van der Waals surface area contributed by atoms with Crippen molar-refractivity contribution in [2.45, 2.75) is 39.7 Å². The normalized spacial score (nSPS) is 21.1. The number of amides is 1. The maximum atomic E-state index is 11.6. The smallest absolute Gasteiger partial charge is 0.225 e. The van der Waals surface area contributed by atoms with Crippen LogP contribution in [-0.2, 0) is 4.79 Å². The summed E-state index contributed by atoms with van der Waals surface area (Å²) in [5.41, 5.74) is 0. The van der Waals surface area contributed by atoms with E-state index in [0.29, 0.717) is 12.0 Å². The highest BCUT2D eigenvalue weighted by Gasteiger charge is 2.25. The molecule has 2 N–H and O–H groups in total. The van der Waals surface area contributed by atoms with Gasteiger partial charge in [-0.05, 0) is 19.3 Å². The van der Waals surface area contributed by atoms with Gasteiger partial charge in [0.1, 0.15) is 0 Å². The zero-order valence-electron chi connectivity index (χ0n) is 9.47. The van der Waals surface area contributed by atoms with Crippen LogP contribution >= 0.6 is 0 Å². The van der Waals surface area contributed by atoms with Gasteiger partial charge in [0, 0.05) is 19.1 Å². The molecule has 0 aromatic carbocycles. The van der Waals surface area contributed by atoms with Crippen LogP contribution in [-0.4, -0.2) is 25.0 Å². The SMILES string of the molecule is CCC(C)CC(C)NC(=O)C1CNC1. The lowest BCUT2D eigenvalue weighted by atomic mass is 9.98. The summed E-state index contributed by atoms with van der Waals surface area (Å²) < 4.78 is 0. The number of rotatable bonds is 5. The molecule has 1 amide bonds. The fourth-order valence-electron chi connectivity index (χ4n) is 1.66. The number of carbonyl (C=O) groups is 1. The van der Waals surface area contributed by atoms with Gasteiger partial charge in [-0.3, -0.25) is 4.79 Å². The molecule has 1 rings (SSSR count). The molecular weight excluding hydrogens is 176 g/mol. The molecule has 1 heterocycles. The van der Waals surface area contributed by atoms with E-state index in [2.05, 4.69) is 31.4 Å². The van der Waals surface area contributed by atoms with E-state index in [1.165, 1.54) is 6.42 Å². The molecule has 0 bridgehead atoms. The van der Waals surface area contributed by atoms with Gasteiger partial charge in [0.05, 0.1) is 5.92 Å². The molecule has 82 valence electrons. The Kier molecular flexibility index (Phi) is 4.39. The first-order valence-electron chi connectivity index (χ1n) is 5.64. The predicted octanol–water partition coefficient (Wildman–Crippen LogP) is 1.15. The minimum Gasteiger partial charge on any atom is -0.353 e. The zero-order valence-corrected chi connectivity index (χ0v) is 9.47. The van der Waals surface area contributed by atoms with Gasteiger partial charge >= 0.3 is 0 Å². The average molecular weight is 198 g/mol. The van der Waals surface area contributed by atoms with Crippen LogP contribution in [0.15, 0.2) is 0 Å². The summed E-state index contributed by atoms with van der Waals surface area (Å²) in [5.74, 6) is 1.14. The summed E-state index contributed by atoms with van der Waals surface area (Å²) in [6, 6.07) is 0.318. The van der Waals surface area contributed by atoms with Crippen LogP contribution < -0.4 is 10.6 Å². The molecule has 0 aromatic rings. The summed E-state index contributed by atoms with van der Waals surface area (Å²) in [6.45, 7) is 8.21. The van der Waals surface area contributed by atoms with Crippen molar-refractivity contribution in [3.05, 3.63) is 0 Å². The second-order valence-corrected chi connectivity index (χ2v) is 4.51. The highest BCUT2D eigenvalue weighted by molar-refractivity contribution is 5.80. The van der Waals surface area contributed by atoms with E-state index in [9.17, 15) is 4.79 Å². The van der Waals surface area contributed by atoms with Crippen LogP contribution in [0.1, 0.15) is 33.6 Å². The Hall–Kier alpha value is -0.570. The lowest BCUT2D eigenvalue weighted by Gasteiger charge is -2.28. The van der Waals surface area contributed by atoms with Gasteiger partial charge < -0.3 is 10.6 Å². The molecule has 14 heavy (non-hydrogen) atoms. The molecule has 2 atom stereocenters. The molecule has 3 nitrogen and oxygen atoms in total. The van der Waals surface area contributed by atoms with Crippen molar-refractivity contribution in [3.63, 3.8) is 0 Å². The van der Waals surface area contributed by atoms with Gasteiger partial charge in [-0.15, -0.1) is 0 Å².